The fourth-order valence-electron chi connectivity index (χ4n) is 2.69. The molecule has 0 fully saturated rings. The van der Waals surface area contributed by atoms with E-state index in [0.29, 0.717) is 5.16 Å². The molecule has 0 saturated carbocycles. The van der Waals surface area contributed by atoms with E-state index >= 15 is 0 Å². The molecule has 4 rings (SSSR count). The van der Waals surface area contributed by atoms with E-state index in [4.69, 9.17) is 0 Å². The Morgan fingerprint density at radius 3 is 2.70 bits per heavy atom. The fourth-order valence-corrected chi connectivity index (χ4v) is 3.38. The first-order valence-electron chi connectivity index (χ1n) is 8.16. The number of carbonyl (C=O) groups excluding carboxylic acids is 1. The predicted molar refractivity (Wildman–Crippen MR) is 102 cm³/mol. The molecular formula is C19H14FN5OS. The Kier molecular flexibility index (Phi) is 4.80. The van der Waals surface area contributed by atoms with Crippen molar-refractivity contribution < 1.29 is 9.18 Å². The summed E-state index contributed by atoms with van der Waals surface area (Å²) in [5.74, 6) is -0.756. The molecule has 0 unspecified atom stereocenters. The molecule has 0 aliphatic rings. The second-order valence-electron chi connectivity index (χ2n) is 5.69. The van der Waals surface area contributed by atoms with Crippen molar-refractivity contribution in [1.29, 1.82) is 0 Å². The van der Waals surface area contributed by atoms with Gasteiger partial charge in [-0.05, 0) is 34.0 Å². The van der Waals surface area contributed by atoms with Crippen LogP contribution in [-0.2, 0) is 4.79 Å². The average molecular weight is 379 g/mol. The van der Waals surface area contributed by atoms with Crippen LogP contribution >= 0.6 is 11.8 Å². The van der Waals surface area contributed by atoms with E-state index in [1.807, 2.05) is 42.5 Å². The molecule has 1 amide bonds. The van der Waals surface area contributed by atoms with Gasteiger partial charge in [-0.15, -0.1) is 5.10 Å². The van der Waals surface area contributed by atoms with Gasteiger partial charge in [0.2, 0.25) is 11.1 Å². The van der Waals surface area contributed by atoms with Crippen molar-refractivity contribution in [2.45, 2.75) is 5.16 Å². The van der Waals surface area contributed by atoms with Crippen LogP contribution in [0.4, 0.5) is 10.1 Å². The molecule has 27 heavy (non-hydrogen) atoms. The highest BCUT2D eigenvalue weighted by molar-refractivity contribution is 7.99. The van der Waals surface area contributed by atoms with Gasteiger partial charge in [0, 0.05) is 5.39 Å². The zero-order valence-corrected chi connectivity index (χ0v) is 14.9. The number of benzene rings is 3. The Morgan fingerprint density at radius 2 is 1.81 bits per heavy atom. The largest absolute Gasteiger partial charge is 0.323 e. The maximum Gasteiger partial charge on any atom is 0.234 e. The van der Waals surface area contributed by atoms with Crippen LogP contribution < -0.4 is 5.32 Å². The van der Waals surface area contributed by atoms with Crippen LogP contribution in [0.3, 0.4) is 0 Å². The van der Waals surface area contributed by atoms with Crippen molar-refractivity contribution in [2.75, 3.05) is 11.1 Å². The minimum absolute atomic E-state index is 0.0550. The van der Waals surface area contributed by atoms with Crippen LogP contribution in [0.5, 0.6) is 0 Å². The van der Waals surface area contributed by atoms with Gasteiger partial charge in [0.1, 0.15) is 5.82 Å². The molecule has 0 aliphatic carbocycles. The van der Waals surface area contributed by atoms with Crippen molar-refractivity contribution in [2.24, 2.45) is 0 Å². The Labute approximate surface area is 158 Å². The van der Waals surface area contributed by atoms with Crippen LogP contribution in [0.15, 0.2) is 71.9 Å². The van der Waals surface area contributed by atoms with Crippen LogP contribution in [0.25, 0.3) is 16.5 Å². The number of para-hydroxylation sites is 1. The second-order valence-corrected chi connectivity index (χ2v) is 6.63. The first-order chi connectivity index (χ1) is 13.2. The van der Waals surface area contributed by atoms with E-state index in [1.54, 1.807) is 16.8 Å². The molecule has 1 N–H and O–H groups in total. The number of amides is 1. The molecule has 3 aromatic carbocycles. The molecule has 6 nitrogen and oxygen atoms in total. The lowest BCUT2D eigenvalue weighted by molar-refractivity contribution is -0.113. The topological polar surface area (TPSA) is 72.7 Å². The van der Waals surface area contributed by atoms with E-state index in [9.17, 15) is 9.18 Å². The number of carbonyl (C=O) groups is 1. The normalized spacial score (nSPS) is 10.9. The number of hydrogen-bond acceptors (Lipinski definition) is 5. The van der Waals surface area contributed by atoms with E-state index in [2.05, 4.69) is 20.8 Å². The Morgan fingerprint density at radius 1 is 1.04 bits per heavy atom. The third-order valence-electron chi connectivity index (χ3n) is 3.92. The maximum atomic E-state index is 13.6. The van der Waals surface area contributed by atoms with Crippen molar-refractivity contribution in [3.8, 4) is 5.69 Å². The molecule has 1 heterocycles. The summed E-state index contributed by atoms with van der Waals surface area (Å²) in [5, 5.41) is 16.9. The number of hydrogen-bond donors (Lipinski definition) is 1. The predicted octanol–water partition coefficient (Wildman–Crippen LogP) is 3.69. The van der Waals surface area contributed by atoms with Gasteiger partial charge in [0.15, 0.2) is 0 Å². The molecule has 1 aromatic heterocycles. The summed E-state index contributed by atoms with van der Waals surface area (Å²) in [6, 6.07) is 19.8. The third-order valence-corrected chi connectivity index (χ3v) is 4.84. The molecule has 8 heteroatoms. The number of nitrogens with zero attached hydrogens (tertiary/aromatic N) is 4. The van der Waals surface area contributed by atoms with Gasteiger partial charge in [-0.2, -0.15) is 4.68 Å². The van der Waals surface area contributed by atoms with Crippen molar-refractivity contribution in [3.05, 3.63) is 72.5 Å². The van der Waals surface area contributed by atoms with E-state index in [0.717, 1.165) is 16.5 Å². The number of anilines is 1. The van der Waals surface area contributed by atoms with Gasteiger partial charge >= 0.3 is 0 Å². The first kappa shape index (κ1) is 17.2. The van der Waals surface area contributed by atoms with Crippen molar-refractivity contribution in [1.82, 2.24) is 20.2 Å². The van der Waals surface area contributed by atoms with Gasteiger partial charge in [0.25, 0.3) is 0 Å². The quantitative estimate of drug-likeness (QED) is 0.536. The van der Waals surface area contributed by atoms with E-state index in [-0.39, 0.29) is 17.3 Å². The monoisotopic (exact) mass is 379 g/mol. The Balaban J connectivity index is 1.53. The molecular weight excluding hydrogens is 365 g/mol. The maximum absolute atomic E-state index is 13.6. The third kappa shape index (κ3) is 3.65. The van der Waals surface area contributed by atoms with Crippen LogP contribution in [0, 0.1) is 5.82 Å². The molecule has 0 spiro atoms. The summed E-state index contributed by atoms with van der Waals surface area (Å²) in [6.07, 6.45) is 0. The number of nitrogens with one attached hydrogen (secondary N) is 1. The summed E-state index contributed by atoms with van der Waals surface area (Å²) in [4.78, 5) is 12.1. The molecule has 4 aromatic rings. The highest BCUT2D eigenvalue weighted by Crippen LogP contribution is 2.25. The van der Waals surface area contributed by atoms with Gasteiger partial charge in [-0.25, -0.2) is 4.39 Å². The average Bonchev–Trinajstić information content (AvgIpc) is 3.16. The van der Waals surface area contributed by atoms with E-state index in [1.165, 1.54) is 23.9 Å². The summed E-state index contributed by atoms with van der Waals surface area (Å²) >= 11 is 1.18. The second kappa shape index (κ2) is 7.55. The number of rotatable bonds is 5. The van der Waals surface area contributed by atoms with Crippen LogP contribution in [0.2, 0.25) is 0 Å². The van der Waals surface area contributed by atoms with E-state index < -0.39 is 5.82 Å². The summed E-state index contributed by atoms with van der Waals surface area (Å²) < 4.78 is 15.2. The van der Waals surface area contributed by atoms with Crippen LogP contribution in [0.1, 0.15) is 0 Å². The Hall–Kier alpha value is -3.26. The highest BCUT2D eigenvalue weighted by atomic mass is 32.2. The first-order valence-corrected chi connectivity index (χ1v) is 9.14. The number of tetrazole rings is 1. The lowest BCUT2D eigenvalue weighted by Crippen LogP contribution is -2.15. The van der Waals surface area contributed by atoms with Crippen molar-refractivity contribution in [3.63, 3.8) is 0 Å². The Bertz CT molecular complexity index is 1110. The number of halogens is 1. The lowest BCUT2D eigenvalue weighted by Gasteiger charge is -2.08. The summed E-state index contributed by atoms with van der Waals surface area (Å²) in [6.45, 7) is 0. The SMILES string of the molecule is O=C(CSc1nnnn1-c1cccc2ccccc12)Nc1ccccc1F. The molecule has 0 atom stereocenters. The minimum Gasteiger partial charge on any atom is -0.323 e. The molecule has 0 saturated heterocycles. The van der Waals surface area contributed by atoms with Gasteiger partial charge in [-0.1, -0.05) is 60.3 Å². The fraction of sp³-hybridized carbons (Fsp3) is 0.0526. The lowest BCUT2D eigenvalue weighted by atomic mass is 10.1. The van der Waals surface area contributed by atoms with Gasteiger partial charge in [-0.3, -0.25) is 4.79 Å². The van der Waals surface area contributed by atoms with Crippen molar-refractivity contribution >= 4 is 34.1 Å². The van der Waals surface area contributed by atoms with Crippen LogP contribution in [-0.4, -0.2) is 31.9 Å². The zero-order chi connectivity index (χ0) is 18.6. The number of thioether (sulfide) groups is 1. The minimum atomic E-state index is -0.476. The van der Waals surface area contributed by atoms with Gasteiger partial charge < -0.3 is 5.32 Å². The summed E-state index contributed by atoms with van der Waals surface area (Å²) in [5.41, 5.74) is 0.979. The molecule has 134 valence electrons. The smallest absolute Gasteiger partial charge is 0.234 e. The van der Waals surface area contributed by atoms with Gasteiger partial charge in [0.05, 0.1) is 17.1 Å². The molecule has 0 aliphatic heterocycles. The molecule has 0 bridgehead atoms. The summed E-state index contributed by atoms with van der Waals surface area (Å²) in [7, 11) is 0. The number of fused-ring (bicyclic) bond motifs is 1. The molecule has 0 radical (unpaired) electrons. The highest BCUT2D eigenvalue weighted by Gasteiger charge is 2.14. The number of aromatic nitrogens is 4. The zero-order valence-electron chi connectivity index (χ0n) is 14.0. The standard InChI is InChI=1S/C19H14FN5OS/c20-15-9-3-4-10-16(15)21-18(26)12-27-19-22-23-24-25(19)17-11-5-7-13-6-1-2-8-14(13)17/h1-11H,12H2,(H,21,26).